The van der Waals surface area contributed by atoms with Crippen LogP contribution in [0, 0.1) is 0 Å². The molecule has 0 saturated heterocycles. The van der Waals surface area contributed by atoms with Gasteiger partial charge in [-0.3, -0.25) is 4.79 Å². The van der Waals surface area contributed by atoms with Crippen molar-refractivity contribution in [3.63, 3.8) is 0 Å². The van der Waals surface area contributed by atoms with Crippen molar-refractivity contribution in [1.82, 2.24) is 20.3 Å². The highest BCUT2D eigenvalue weighted by atomic mass is 19.4. The van der Waals surface area contributed by atoms with Crippen LogP contribution in [0.25, 0.3) is 0 Å². The molecule has 0 unspecified atom stereocenters. The van der Waals surface area contributed by atoms with E-state index in [0.29, 0.717) is 5.69 Å². The normalized spacial score (nSPS) is 17.6. The molecule has 0 atom stereocenters. The first-order valence-corrected chi connectivity index (χ1v) is 5.33. The molecule has 0 aromatic carbocycles. The number of nitrogens with zero attached hydrogens (tertiary/aromatic N) is 3. The molecule has 1 aromatic rings. The molecule has 1 heterocycles. The first kappa shape index (κ1) is 12.8. The van der Waals surface area contributed by atoms with Crippen LogP contribution in [0.2, 0.25) is 0 Å². The van der Waals surface area contributed by atoms with Crippen LogP contribution >= 0.6 is 0 Å². The number of carbonyl (C=O) groups is 1. The van der Waals surface area contributed by atoms with E-state index in [4.69, 9.17) is 5.73 Å². The highest BCUT2D eigenvalue weighted by Gasteiger charge is 2.64. The van der Waals surface area contributed by atoms with E-state index in [9.17, 15) is 18.0 Å². The van der Waals surface area contributed by atoms with Crippen LogP contribution < -0.4 is 11.1 Å². The van der Waals surface area contributed by atoms with Crippen LogP contribution in [0.15, 0.2) is 6.20 Å². The predicted octanol–water partition coefficient (Wildman–Crippen LogP) is -0.0521. The van der Waals surface area contributed by atoms with Crippen LogP contribution in [-0.2, 0) is 17.9 Å². The molecular weight excluding hydrogens is 251 g/mol. The van der Waals surface area contributed by atoms with Crippen LogP contribution in [0.4, 0.5) is 13.2 Å². The summed E-state index contributed by atoms with van der Waals surface area (Å²) < 4.78 is 38.9. The van der Waals surface area contributed by atoms with E-state index in [1.54, 1.807) is 0 Å². The topological polar surface area (TPSA) is 85.8 Å². The zero-order valence-electron chi connectivity index (χ0n) is 9.37. The Morgan fingerprint density at radius 3 is 2.67 bits per heavy atom. The Balaban J connectivity index is 1.93. The summed E-state index contributed by atoms with van der Waals surface area (Å²) in [5, 5.41) is 9.22. The summed E-state index contributed by atoms with van der Waals surface area (Å²) in [5.41, 5.74) is 3.73. The van der Waals surface area contributed by atoms with E-state index in [1.165, 1.54) is 6.20 Å². The van der Waals surface area contributed by atoms with Gasteiger partial charge >= 0.3 is 6.18 Å². The number of nitrogens with two attached hydrogens (primary N) is 1. The molecule has 1 saturated carbocycles. The summed E-state index contributed by atoms with van der Waals surface area (Å²) in [4.78, 5) is 11.5. The van der Waals surface area contributed by atoms with Crippen LogP contribution in [-0.4, -0.2) is 32.6 Å². The van der Waals surface area contributed by atoms with Crippen LogP contribution in [0.1, 0.15) is 18.5 Å². The zero-order valence-corrected chi connectivity index (χ0v) is 9.37. The highest BCUT2D eigenvalue weighted by molar-refractivity contribution is 5.77. The van der Waals surface area contributed by atoms with Gasteiger partial charge in [0.1, 0.15) is 12.1 Å². The highest BCUT2D eigenvalue weighted by Crippen LogP contribution is 2.48. The van der Waals surface area contributed by atoms with Gasteiger partial charge in [0.25, 0.3) is 0 Å². The standard InChI is InChI=1S/C9H12F3N5O/c10-9(11,12)8(1-2-8)14-7(18)5-17-4-6(3-13)15-16-17/h4H,1-3,5,13H2,(H,14,18). The lowest BCUT2D eigenvalue weighted by Gasteiger charge is -2.20. The van der Waals surface area contributed by atoms with Gasteiger partial charge in [-0.05, 0) is 12.8 Å². The van der Waals surface area contributed by atoms with Crippen molar-refractivity contribution < 1.29 is 18.0 Å². The third-order valence-electron chi connectivity index (χ3n) is 2.77. The number of aromatic nitrogens is 3. The molecule has 1 amide bonds. The Labute approximate surface area is 100 Å². The van der Waals surface area contributed by atoms with E-state index >= 15 is 0 Å². The summed E-state index contributed by atoms with van der Waals surface area (Å²) in [5.74, 6) is -0.738. The summed E-state index contributed by atoms with van der Waals surface area (Å²) in [6.45, 7) is -0.140. The largest absolute Gasteiger partial charge is 0.411 e. The van der Waals surface area contributed by atoms with Gasteiger partial charge in [-0.2, -0.15) is 13.2 Å². The van der Waals surface area contributed by atoms with Crippen LogP contribution in [0.5, 0.6) is 0 Å². The fraction of sp³-hybridized carbons (Fsp3) is 0.667. The summed E-state index contributed by atoms with van der Waals surface area (Å²) in [6.07, 6.45) is -3.14. The first-order chi connectivity index (χ1) is 8.36. The van der Waals surface area contributed by atoms with Crippen molar-refractivity contribution in [1.29, 1.82) is 0 Å². The van der Waals surface area contributed by atoms with Crippen molar-refractivity contribution in [2.45, 2.75) is 37.6 Å². The molecule has 1 aliphatic rings. The third kappa shape index (κ3) is 2.45. The average Bonchev–Trinajstić information content (AvgIpc) is 2.90. The zero-order chi connectivity index (χ0) is 13.4. The summed E-state index contributed by atoms with van der Waals surface area (Å²) in [6, 6.07) is 0. The van der Waals surface area contributed by atoms with Crippen molar-refractivity contribution in [2.75, 3.05) is 0 Å². The lowest BCUT2D eigenvalue weighted by molar-refractivity contribution is -0.170. The minimum atomic E-state index is -4.41. The molecule has 1 aliphatic carbocycles. The van der Waals surface area contributed by atoms with E-state index in [2.05, 4.69) is 10.3 Å². The number of halogens is 3. The third-order valence-corrected chi connectivity index (χ3v) is 2.77. The summed E-state index contributed by atoms with van der Waals surface area (Å²) in [7, 11) is 0. The van der Waals surface area contributed by atoms with Gasteiger partial charge in [0.2, 0.25) is 5.91 Å². The second kappa shape index (κ2) is 4.23. The van der Waals surface area contributed by atoms with Crippen molar-refractivity contribution in [3.8, 4) is 0 Å². The fourth-order valence-corrected chi connectivity index (χ4v) is 1.57. The maximum absolute atomic E-state index is 12.6. The van der Waals surface area contributed by atoms with E-state index < -0.39 is 17.6 Å². The molecule has 0 radical (unpaired) electrons. The molecular formula is C9H12F3N5O. The molecule has 2 rings (SSSR count). The Kier molecular flexibility index (Phi) is 3.01. The molecule has 0 bridgehead atoms. The minimum absolute atomic E-state index is 0.0757. The maximum Gasteiger partial charge on any atom is 0.411 e. The monoisotopic (exact) mass is 263 g/mol. The molecule has 0 aliphatic heterocycles. The van der Waals surface area contributed by atoms with Crippen molar-refractivity contribution in [2.24, 2.45) is 5.73 Å². The van der Waals surface area contributed by atoms with Crippen molar-refractivity contribution >= 4 is 5.91 Å². The molecule has 1 aromatic heterocycles. The van der Waals surface area contributed by atoms with Gasteiger partial charge in [0, 0.05) is 6.54 Å². The molecule has 100 valence electrons. The predicted molar refractivity (Wildman–Crippen MR) is 54.1 cm³/mol. The average molecular weight is 263 g/mol. The lowest BCUT2D eigenvalue weighted by Crippen LogP contribution is -2.48. The van der Waals surface area contributed by atoms with Gasteiger partial charge in [-0.15, -0.1) is 5.10 Å². The van der Waals surface area contributed by atoms with Gasteiger partial charge < -0.3 is 11.1 Å². The first-order valence-electron chi connectivity index (χ1n) is 5.33. The van der Waals surface area contributed by atoms with E-state index in [-0.39, 0.29) is 25.9 Å². The Hall–Kier alpha value is -1.64. The number of hydrogen-bond acceptors (Lipinski definition) is 4. The quantitative estimate of drug-likeness (QED) is 0.797. The molecule has 3 N–H and O–H groups in total. The summed E-state index contributed by atoms with van der Waals surface area (Å²) >= 11 is 0. The second-order valence-electron chi connectivity index (χ2n) is 4.24. The molecule has 0 spiro atoms. The van der Waals surface area contributed by atoms with Gasteiger partial charge in [-0.25, -0.2) is 4.68 Å². The van der Waals surface area contributed by atoms with Gasteiger partial charge in [0.15, 0.2) is 0 Å². The molecule has 18 heavy (non-hydrogen) atoms. The number of carbonyl (C=O) groups excluding carboxylic acids is 1. The maximum atomic E-state index is 12.6. The molecule has 6 nitrogen and oxygen atoms in total. The fourth-order valence-electron chi connectivity index (χ4n) is 1.57. The minimum Gasteiger partial charge on any atom is -0.340 e. The number of rotatable bonds is 4. The SMILES string of the molecule is NCc1cn(CC(=O)NC2(C(F)(F)F)CC2)nn1. The molecule has 9 heteroatoms. The number of nitrogens with one attached hydrogen (secondary N) is 1. The van der Waals surface area contributed by atoms with Gasteiger partial charge in [-0.1, -0.05) is 5.21 Å². The second-order valence-corrected chi connectivity index (χ2v) is 4.24. The Morgan fingerprint density at radius 1 is 1.56 bits per heavy atom. The Morgan fingerprint density at radius 2 is 2.22 bits per heavy atom. The Bertz CT molecular complexity index is 451. The lowest BCUT2D eigenvalue weighted by atomic mass is 10.2. The smallest absolute Gasteiger partial charge is 0.340 e. The van der Waals surface area contributed by atoms with Crippen molar-refractivity contribution in [3.05, 3.63) is 11.9 Å². The molecule has 1 fully saturated rings. The number of hydrogen-bond donors (Lipinski definition) is 2. The van der Waals surface area contributed by atoms with E-state index in [1.807, 2.05) is 5.32 Å². The van der Waals surface area contributed by atoms with E-state index in [0.717, 1.165) is 4.68 Å². The van der Waals surface area contributed by atoms with Gasteiger partial charge in [0.05, 0.1) is 11.9 Å². The number of amides is 1. The van der Waals surface area contributed by atoms with Crippen LogP contribution in [0.3, 0.4) is 0 Å². The number of alkyl halides is 3.